The number of halogens is 1. The van der Waals surface area contributed by atoms with Gasteiger partial charge in [0, 0.05) is 43.6 Å². The number of rotatable bonds is 5. The van der Waals surface area contributed by atoms with Gasteiger partial charge in [0.2, 0.25) is 5.91 Å². The van der Waals surface area contributed by atoms with Crippen molar-refractivity contribution >= 4 is 28.1 Å². The summed E-state index contributed by atoms with van der Waals surface area (Å²) in [6, 6.07) is 7.76. The van der Waals surface area contributed by atoms with Crippen molar-refractivity contribution in [3.8, 4) is 0 Å². The van der Waals surface area contributed by atoms with E-state index in [1.54, 1.807) is 6.21 Å². The number of hydrogen-bond acceptors (Lipinski definition) is 4. The lowest BCUT2D eigenvalue weighted by Gasteiger charge is -2.32. The molecule has 1 fully saturated rings. The number of benzene rings is 1. The summed E-state index contributed by atoms with van der Waals surface area (Å²) in [5.74, 6) is -0.0415. The Morgan fingerprint density at radius 1 is 1.38 bits per heavy atom. The van der Waals surface area contributed by atoms with Crippen LogP contribution in [-0.4, -0.2) is 61.7 Å². The molecular formula is C15H21BrN4O. The topological polar surface area (TPSA) is 47.9 Å². The molecule has 0 spiro atoms. The second kappa shape index (κ2) is 8.26. The van der Waals surface area contributed by atoms with Gasteiger partial charge in [-0.1, -0.05) is 28.1 Å². The molecule has 0 bridgehead atoms. The van der Waals surface area contributed by atoms with Gasteiger partial charge in [0.15, 0.2) is 0 Å². The number of piperazine rings is 1. The van der Waals surface area contributed by atoms with Gasteiger partial charge in [0.25, 0.3) is 0 Å². The van der Waals surface area contributed by atoms with E-state index in [9.17, 15) is 4.79 Å². The molecule has 2 rings (SSSR count). The highest BCUT2D eigenvalue weighted by molar-refractivity contribution is 9.10. The van der Waals surface area contributed by atoms with Crippen LogP contribution in [0.15, 0.2) is 33.8 Å². The number of likely N-dealkylation sites (N-methyl/N-ethyl adjacent to an activating group) is 1. The maximum absolute atomic E-state index is 11.7. The molecule has 1 saturated heterocycles. The molecule has 0 radical (unpaired) electrons. The summed E-state index contributed by atoms with van der Waals surface area (Å²) < 4.78 is 0.993. The zero-order valence-corrected chi connectivity index (χ0v) is 13.8. The number of hydrazone groups is 1. The number of nitrogens with zero attached hydrogens (tertiary/aromatic N) is 3. The Balaban J connectivity index is 1.68. The number of carbonyl (C=O) groups is 1. The highest BCUT2D eigenvalue weighted by Crippen LogP contribution is 2.09. The molecule has 0 saturated carbocycles. The van der Waals surface area contributed by atoms with Gasteiger partial charge in [-0.25, -0.2) is 5.43 Å². The molecule has 21 heavy (non-hydrogen) atoms. The van der Waals surface area contributed by atoms with Crippen molar-refractivity contribution in [1.29, 1.82) is 0 Å². The molecular weight excluding hydrogens is 332 g/mol. The third-order valence-electron chi connectivity index (χ3n) is 3.50. The minimum Gasteiger partial charge on any atom is -0.304 e. The first kappa shape index (κ1) is 16.1. The van der Waals surface area contributed by atoms with Crippen LogP contribution in [0.1, 0.15) is 12.0 Å². The predicted octanol–water partition coefficient (Wildman–Crippen LogP) is 1.54. The average Bonchev–Trinajstić information content (AvgIpc) is 2.47. The zero-order valence-electron chi connectivity index (χ0n) is 12.3. The largest absolute Gasteiger partial charge is 0.304 e. The molecule has 0 unspecified atom stereocenters. The van der Waals surface area contributed by atoms with Gasteiger partial charge >= 0.3 is 0 Å². The van der Waals surface area contributed by atoms with Crippen LogP contribution < -0.4 is 5.43 Å². The third kappa shape index (κ3) is 5.95. The molecule has 1 aliphatic heterocycles. The zero-order chi connectivity index (χ0) is 15.1. The van der Waals surface area contributed by atoms with Gasteiger partial charge in [0.05, 0.1) is 6.21 Å². The van der Waals surface area contributed by atoms with Gasteiger partial charge in [-0.3, -0.25) is 4.79 Å². The van der Waals surface area contributed by atoms with Gasteiger partial charge in [-0.15, -0.1) is 0 Å². The van der Waals surface area contributed by atoms with Gasteiger partial charge < -0.3 is 9.80 Å². The van der Waals surface area contributed by atoms with E-state index in [1.807, 2.05) is 24.3 Å². The van der Waals surface area contributed by atoms with Crippen molar-refractivity contribution in [2.75, 3.05) is 39.8 Å². The predicted molar refractivity (Wildman–Crippen MR) is 88.4 cm³/mol. The molecule has 0 atom stereocenters. The first-order valence-corrected chi connectivity index (χ1v) is 7.91. The maximum Gasteiger partial charge on any atom is 0.241 e. The fraction of sp³-hybridized carbons (Fsp3) is 0.467. The van der Waals surface area contributed by atoms with Crippen LogP contribution in [0.2, 0.25) is 0 Å². The quantitative estimate of drug-likeness (QED) is 0.645. The highest BCUT2D eigenvalue weighted by atomic mass is 79.9. The Hall–Kier alpha value is -1.24. The summed E-state index contributed by atoms with van der Waals surface area (Å²) in [5.41, 5.74) is 3.52. The standard InChI is InChI=1S/C15H21BrN4O/c1-19-7-9-20(10-8-19)6-5-15(21)18-17-12-13-3-2-4-14(16)11-13/h2-4,11-12H,5-10H2,1H3,(H,18,21)/b17-12+. The van der Waals surface area contributed by atoms with Crippen molar-refractivity contribution in [3.63, 3.8) is 0 Å². The summed E-state index contributed by atoms with van der Waals surface area (Å²) in [7, 11) is 2.13. The molecule has 6 heteroatoms. The molecule has 1 heterocycles. The fourth-order valence-electron chi connectivity index (χ4n) is 2.15. The fourth-order valence-corrected chi connectivity index (χ4v) is 2.57. The summed E-state index contributed by atoms with van der Waals surface area (Å²) in [6.45, 7) is 5.01. The second-order valence-electron chi connectivity index (χ2n) is 5.24. The summed E-state index contributed by atoms with van der Waals surface area (Å²) >= 11 is 3.40. The molecule has 1 aliphatic rings. The van der Waals surface area contributed by atoms with E-state index in [4.69, 9.17) is 0 Å². The number of hydrogen-bond donors (Lipinski definition) is 1. The Bertz CT molecular complexity index is 498. The molecule has 1 amide bonds. The van der Waals surface area contributed by atoms with Crippen molar-refractivity contribution in [2.24, 2.45) is 5.10 Å². The van der Waals surface area contributed by atoms with Crippen LogP contribution in [0.25, 0.3) is 0 Å². The Labute approximate surface area is 134 Å². The smallest absolute Gasteiger partial charge is 0.241 e. The summed E-state index contributed by atoms with van der Waals surface area (Å²) in [6.07, 6.45) is 2.14. The van der Waals surface area contributed by atoms with Gasteiger partial charge in [-0.05, 0) is 24.7 Å². The van der Waals surface area contributed by atoms with E-state index in [2.05, 4.69) is 43.3 Å². The molecule has 1 aromatic rings. The maximum atomic E-state index is 11.7. The minimum absolute atomic E-state index is 0.0415. The monoisotopic (exact) mass is 352 g/mol. The number of nitrogens with one attached hydrogen (secondary N) is 1. The highest BCUT2D eigenvalue weighted by Gasteiger charge is 2.14. The lowest BCUT2D eigenvalue weighted by atomic mass is 10.2. The lowest BCUT2D eigenvalue weighted by Crippen LogP contribution is -2.45. The molecule has 1 N–H and O–H groups in total. The van der Waals surface area contributed by atoms with Crippen LogP contribution >= 0.6 is 15.9 Å². The van der Waals surface area contributed by atoms with Crippen LogP contribution in [0.3, 0.4) is 0 Å². The van der Waals surface area contributed by atoms with Crippen LogP contribution in [0.4, 0.5) is 0 Å². The van der Waals surface area contributed by atoms with E-state index < -0.39 is 0 Å². The lowest BCUT2D eigenvalue weighted by molar-refractivity contribution is -0.121. The summed E-state index contributed by atoms with van der Waals surface area (Å²) in [5, 5.41) is 3.99. The molecule has 5 nitrogen and oxygen atoms in total. The second-order valence-corrected chi connectivity index (χ2v) is 6.16. The first-order valence-electron chi connectivity index (χ1n) is 7.12. The minimum atomic E-state index is -0.0415. The number of carbonyl (C=O) groups excluding carboxylic acids is 1. The van der Waals surface area contributed by atoms with E-state index in [0.29, 0.717) is 6.42 Å². The average molecular weight is 353 g/mol. The van der Waals surface area contributed by atoms with Gasteiger partial charge in [-0.2, -0.15) is 5.10 Å². The Kier molecular flexibility index (Phi) is 6.35. The molecule has 114 valence electrons. The van der Waals surface area contributed by atoms with E-state index in [1.165, 1.54) is 0 Å². The molecule has 0 aliphatic carbocycles. The van der Waals surface area contributed by atoms with E-state index in [0.717, 1.165) is 42.8 Å². The Morgan fingerprint density at radius 2 is 2.14 bits per heavy atom. The van der Waals surface area contributed by atoms with Crippen LogP contribution in [0.5, 0.6) is 0 Å². The van der Waals surface area contributed by atoms with E-state index in [-0.39, 0.29) is 5.91 Å². The summed E-state index contributed by atoms with van der Waals surface area (Å²) in [4.78, 5) is 16.4. The third-order valence-corrected chi connectivity index (χ3v) is 4.00. The van der Waals surface area contributed by atoms with Crippen molar-refractivity contribution < 1.29 is 4.79 Å². The molecule has 0 aromatic heterocycles. The molecule has 1 aromatic carbocycles. The van der Waals surface area contributed by atoms with Crippen molar-refractivity contribution in [2.45, 2.75) is 6.42 Å². The normalized spacial score (nSPS) is 17.2. The first-order chi connectivity index (χ1) is 10.1. The SMILES string of the molecule is CN1CCN(CCC(=O)N/N=C/c2cccc(Br)c2)CC1. The number of amides is 1. The van der Waals surface area contributed by atoms with Crippen molar-refractivity contribution in [3.05, 3.63) is 34.3 Å². The van der Waals surface area contributed by atoms with Crippen LogP contribution in [-0.2, 0) is 4.79 Å². The van der Waals surface area contributed by atoms with Crippen LogP contribution in [0, 0.1) is 0 Å². The van der Waals surface area contributed by atoms with E-state index >= 15 is 0 Å². The Morgan fingerprint density at radius 3 is 2.86 bits per heavy atom. The van der Waals surface area contributed by atoms with Gasteiger partial charge in [0.1, 0.15) is 0 Å². The van der Waals surface area contributed by atoms with Crippen molar-refractivity contribution in [1.82, 2.24) is 15.2 Å².